The van der Waals surface area contributed by atoms with Gasteiger partial charge in [0.25, 0.3) is 0 Å². The summed E-state index contributed by atoms with van der Waals surface area (Å²) in [6, 6.07) is 0. The highest BCUT2D eigenvalue weighted by atomic mass is 16.3. The summed E-state index contributed by atoms with van der Waals surface area (Å²) in [5, 5.41) is 10.1. The van der Waals surface area contributed by atoms with Crippen molar-refractivity contribution in [3.05, 3.63) is 0 Å². The fraction of sp³-hybridized carbons (Fsp3) is 0.889. The summed E-state index contributed by atoms with van der Waals surface area (Å²) in [4.78, 5) is 11.2. The Hall–Kier alpha value is -0.610. The molecule has 0 heterocycles. The molecule has 0 bridgehead atoms. The molecule has 0 aliphatic heterocycles. The van der Waals surface area contributed by atoms with E-state index in [1.807, 2.05) is 0 Å². The number of carbonyl (C=O) groups is 1. The maximum Gasteiger partial charge on any atom is 0.239 e. The standard InChI is InChI=1S/C9H18N2O2/c1-7(8(12)11-10)9(13)5-3-2-4-6-9/h7,13H,2-6,10H2,1H3,(H,11,12). The zero-order valence-electron chi connectivity index (χ0n) is 8.05. The first-order valence-corrected chi connectivity index (χ1v) is 4.83. The summed E-state index contributed by atoms with van der Waals surface area (Å²) in [6.07, 6.45) is 4.57. The van der Waals surface area contributed by atoms with Crippen molar-refractivity contribution in [3.63, 3.8) is 0 Å². The zero-order chi connectivity index (χ0) is 9.90. The Morgan fingerprint density at radius 1 is 1.46 bits per heavy atom. The van der Waals surface area contributed by atoms with Gasteiger partial charge in [-0.25, -0.2) is 5.84 Å². The van der Waals surface area contributed by atoms with E-state index in [2.05, 4.69) is 5.43 Å². The van der Waals surface area contributed by atoms with Gasteiger partial charge >= 0.3 is 0 Å². The molecule has 1 aliphatic carbocycles. The normalized spacial score (nSPS) is 23.6. The Kier molecular flexibility index (Phi) is 3.27. The molecule has 0 spiro atoms. The fourth-order valence-corrected chi connectivity index (χ4v) is 1.97. The molecule has 76 valence electrons. The van der Waals surface area contributed by atoms with E-state index in [9.17, 15) is 9.90 Å². The molecule has 1 aliphatic rings. The van der Waals surface area contributed by atoms with Crippen LogP contribution >= 0.6 is 0 Å². The van der Waals surface area contributed by atoms with Gasteiger partial charge < -0.3 is 5.11 Å². The number of amides is 1. The molecular formula is C9H18N2O2. The van der Waals surface area contributed by atoms with Crippen LogP contribution in [0.5, 0.6) is 0 Å². The maximum absolute atomic E-state index is 11.2. The second kappa shape index (κ2) is 4.07. The van der Waals surface area contributed by atoms with Crippen LogP contribution in [-0.4, -0.2) is 16.6 Å². The van der Waals surface area contributed by atoms with Crippen molar-refractivity contribution in [2.24, 2.45) is 11.8 Å². The van der Waals surface area contributed by atoms with E-state index in [4.69, 9.17) is 5.84 Å². The van der Waals surface area contributed by atoms with E-state index in [-0.39, 0.29) is 5.91 Å². The molecule has 1 saturated carbocycles. The van der Waals surface area contributed by atoms with Crippen LogP contribution in [0.1, 0.15) is 39.0 Å². The molecule has 0 aromatic heterocycles. The van der Waals surface area contributed by atoms with Crippen LogP contribution in [0.3, 0.4) is 0 Å². The van der Waals surface area contributed by atoms with Crippen LogP contribution in [-0.2, 0) is 4.79 Å². The van der Waals surface area contributed by atoms with Gasteiger partial charge in [0, 0.05) is 0 Å². The van der Waals surface area contributed by atoms with Crippen molar-refractivity contribution in [3.8, 4) is 0 Å². The lowest BCUT2D eigenvalue weighted by atomic mass is 9.76. The van der Waals surface area contributed by atoms with Crippen LogP contribution in [0, 0.1) is 5.92 Å². The quantitative estimate of drug-likeness (QED) is 0.330. The molecule has 1 rings (SSSR count). The van der Waals surface area contributed by atoms with Crippen molar-refractivity contribution < 1.29 is 9.90 Å². The van der Waals surface area contributed by atoms with E-state index in [1.54, 1.807) is 6.92 Å². The van der Waals surface area contributed by atoms with Crippen LogP contribution in [0.2, 0.25) is 0 Å². The van der Waals surface area contributed by atoms with Crippen molar-refractivity contribution in [2.45, 2.75) is 44.6 Å². The minimum atomic E-state index is -0.832. The third kappa shape index (κ3) is 2.19. The molecule has 1 atom stereocenters. The Morgan fingerprint density at radius 3 is 2.46 bits per heavy atom. The van der Waals surface area contributed by atoms with Gasteiger partial charge in [0.15, 0.2) is 0 Å². The van der Waals surface area contributed by atoms with Crippen molar-refractivity contribution >= 4 is 5.91 Å². The maximum atomic E-state index is 11.2. The number of hydrogen-bond acceptors (Lipinski definition) is 3. The first-order valence-electron chi connectivity index (χ1n) is 4.83. The highest BCUT2D eigenvalue weighted by molar-refractivity contribution is 5.78. The van der Waals surface area contributed by atoms with Gasteiger partial charge in [0.2, 0.25) is 5.91 Å². The Bertz CT molecular complexity index is 188. The largest absolute Gasteiger partial charge is 0.389 e. The van der Waals surface area contributed by atoms with Gasteiger partial charge in [-0.05, 0) is 12.8 Å². The predicted octanol–water partition coefficient (Wildman–Crippen LogP) is 0.308. The van der Waals surface area contributed by atoms with Gasteiger partial charge in [-0.2, -0.15) is 0 Å². The average molecular weight is 186 g/mol. The second-order valence-electron chi connectivity index (χ2n) is 3.89. The average Bonchev–Trinajstić information content (AvgIpc) is 2.16. The number of carbonyl (C=O) groups excluding carboxylic acids is 1. The van der Waals surface area contributed by atoms with E-state index in [0.29, 0.717) is 12.8 Å². The Balaban J connectivity index is 2.61. The van der Waals surface area contributed by atoms with Gasteiger partial charge in [-0.15, -0.1) is 0 Å². The van der Waals surface area contributed by atoms with Gasteiger partial charge in [-0.1, -0.05) is 26.2 Å². The molecule has 0 aromatic carbocycles. The smallest absolute Gasteiger partial charge is 0.239 e. The van der Waals surface area contributed by atoms with Gasteiger partial charge in [0.1, 0.15) is 0 Å². The van der Waals surface area contributed by atoms with Gasteiger partial charge in [-0.3, -0.25) is 10.2 Å². The zero-order valence-corrected chi connectivity index (χ0v) is 8.05. The second-order valence-corrected chi connectivity index (χ2v) is 3.89. The summed E-state index contributed by atoms with van der Waals surface area (Å²) >= 11 is 0. The summed E-state index contributed by atoms with van der Waals surface area (Å²) in [7, 11) is 0. The number of aliphatic hydroxyl groups is 1. The summed E-state index contributed by atoms with van der Waals surface area (Å²) < 4.78 is 0. The number of hydrogen-bond donors (Lipinski definition) is 3. The lowest BCUT2D eigenvalue weighted by Crippen LogP contribution is -2.48. The number of nitrogens with two attached hydrogens (primary N) is 1. The molecule has 4 nitrogen and oxygen atoms in total. The van der Waals surface area contributed by atoms with Crippen LogP contribution in [0.4, 0.5) is 0 Å². The minimum Gasteiger partial charge on any atom is -0.389 e. The van der Waals surface area contributed by atoms with E-state index >= 15 is 0 Å². The summed E-state index contributed by atoms with van der Waals surface area (Å²) in [6.45, 7) is 1.73. The van der Waals surface area contributed by atoms with E-state index < -0.39 is 11.5 Å². The minimum absolute atomic E-state index is 0.274. The molecule has 1 amide bonds. The van der Waals surface area contributed by atoms with Crippen molar-refractivity contribution in [1.29, 1.82) is 0 Å². The SMILES string of the molecule is CC(C(=O)NN)C1(O)CCCCC1. The van der Waals surface area contributed by atoms with Crippen LogP contribution in [0.15, 0.2) is 0 Å². The number of hydrazine groups is 1. The first kappa shape index (κ1) is 10.5. The monoisotopic (exact) mass is 186 g/mol. The lowest BCUT2D eigenvalue weighted by Gasteiger charge is -2.36. The highest BCUT2D eigenvalue weighted by Crippen LogP contribution is 2.34. The molecule has 1 unspecified atom stereocenters. The molecule has 1 fully saturated rings. The first-order chi connectivity index (χ1) is 6.10. The third-order valence-corrected chi connectivity index (χ3v) is 3.06. The number of rotatable bonds is 2. The summed E-state index contributed by atoms with van der Waals surface area (Å²) in [5.41, 5.74) is 1.26. The van der Waals surface area contributed by atoms with Crippen LogP contribution < -0.4 is 11.3 Å². The van der Waals surface area contributed by atoms with Crippen molar-refractivity contribution in [1.82, 2.24) is 5.43 Å². The molecule has 0 saturated heterocycles. The molecular weight excluding hydrogens is 168 g/mol. The number of nitrogens with one attached hydrogen (secondary N) is 1. The Morgan fingerprint density at radius 2 is 2.00 bits per heavy atom. The summed E-state index contributed by atoms with van der Waals surface area (Å²) in [5.74, 6) is 4.35. The van der Waals surface area contributed by atoms with Crippen molar-refractivity contribution in [2.75, 3.05) is 0 Å². The molecule has 0 radical (unpaired) electrons. The molecule has 0 aromatic rings. The Labute approximate surface area is 78.5 Å². The molecule has 4 heteroatoms. The highest BCUT2D eigenvalue weighted by Gasteiger charge is 2.38. The van der Waals surface area contributed by atoms with E-state index in [0.717, 1.165) is 19.3 Å². The van der Waals surface area contributed by atoms with E-state index in [1.165, 1.54) is 0 Å². The third-order valence-electron chi connectivity index (χ3n) is 3.06. The van der Waals surface area contributed by atoms with Crippen LogP contribution in [0.25, 0.3) is 0 Å². The van der Waals surface area contributed by atoms with Gasteiger partial charge in [0.05, 0.1) is 11.5 Å². The fourth-order valence-electron chi connectivity index (χ4n) is 1.97. The molecule has 4 N–H and O–H groups in total. The predicted molar refractivity (Wildman–Crippen MR) is 49.5 cm³/mol. The molecule has 13 heavy (non-hydrogen) atoms. The topological polar surface area (TPSA) is 75.4 Å². The lowest BCUT2D eigenvalue weighted by molar-refractivity contribution is -0.136.